The van der Waals surface area contributed by atoms with E-state index in [9.17, 15) is 5.11 Å². The Bertz CT molecular complexity index is 920. The Morgan fingerprint density at radius 3 is 2.50 bits per heavy atom. The zero-order valence-electron chi connectivity index (χ0n) is 15.8. The maximum atomic E-state index is 10.5. The highest BCUT2D eigenvalue weighted by Crippen LogP contribution is 2.25. The smallest absolute Gasteiger partial charge is 0.127 e. The normalized spacial score (nSPS) is 16.3. The summed E-state index contributed by atoms with van der Waals surface area (Å²) >= 11 is 6.10. The Kier molecular flexibility index (Phi) is 6.01. The second-order valence-electron chi connectivity index (χ2n) is 7.21. The van der Waals surface area contributed by atoms with E-state index in [0.717, 1.165) is 53.4 Å². The molecule has 1 saturated heterocycles. The Hall–Kier alpha value is -2.27. The van der Waals surface area contributed by atoms with Gasteiger partial charge in [-0.15, -0.1) is 0 Å². The molecule has 146 valence electrons. The molecule has 1 aliphatic heterocycles. The lowest BCUT2D eigenvalue weighted by molar-refractivity contribution is 0.0668. The fourth-order valence-corrected chi connectivity index (χ4v) is 3.90. The first-order valence-corrected chi connectivity index (χ1v) is 10.1. The minimum absolute atomic E-state index is 0.294. The van der Waals surface area contributed by atoms with Crippen LogP contribution < -0.4 is 9.64 Å². The molecule has 28 heavy (non-hydrogen) atoms. The van der Waals surface area contributed by atoms with E-state index >= 15 is 0 Å². The largest absolute Gasteiger partial charge is 0.490 e. The summed E-state index contributed by atoms with van der Waals surface area (Å²) in [6, 6.07) is 22.1. The average Bonchev–Trinajstić information content (AvgIpc) is 2.73. The van der Waals surface area contributed by atoms with Crippen molar-refractivity contribution in [2.75, 3.05) is 44.2 Å². The molecule has 5 heteroatoms. The van der Waals surface area contributed by atoms with Crippen LogP contribution in [0.3, 0.4) is 0 Å². The second kappa shape index (κ2) is 8.82. The van der Waals surface area contributed by atoms with Crippen molar-refractivity contribution >= 4 is 28.1 Å². The molecule has 1 fully saturated rings. The summed E-state index contributed by atoms with van der Waals surface area (Å²) in [6.45, 7) is 4.60. The van der Waals surface area contributed by atoms with Crippen molar-refractivity contribution in [3.63, 3.8) is 0 Å². The van der Waals surface area contributed by atoms with Gasteiger partial charge < -0.3 is 14.7 Å². The van der Waals surface area contributed by atoms with E-state index in [0.29, 0.717) is 13.2 Å². The van der Waals surface area contributed by atoms with Crippen molar-refractivity contribution in [1.29, 1.82) is 0 Å². The predicted molar refractivity (Wildman–Crippen MR) is 116 cm³/mol. The van der Waals surface area contributed by atoms with Crippen LogP contribution in [0.4, 0.5) is 5.69 Å². The fourth-order valence-electron chi connectivity index (χ4n) is 3.72. The highest BCUT2D eigenvalue weighted by molar-refractivity contribution is 6.30. The number of hydrogen-bond donors (Lipinski definition) is 1. The summed E-state index contributed by atoms with van der Waals surface area (Å²) < 4.78 is 5.92. The van der Waals surface area contributed by atoms with Gasteiger partial charge in [0.25, 0.3) is 0 Å². The van der Waals surface area contributed by atoms with E-state index in [1.54, 1.807) is 0 Å². The third kappa shape index (κ3) is 4.58. The Balaban J connectivity index is 1.27. The van der Waals surface area contributed by atoms with Gasteiger partial charge in [-0.1, -0.05) is 54.1 Å². The number of β-amino-alcohol motifs (C(OH)–C–C–N with tert-alkyl or cyclic N) is 1. The van der Waals surface area contributed by atoms with Gasteiger partial charge in [-0.25, -0.2) is 0 Å². The lowest BCUT2D eigenvalue weighted by Gasteiger charge is -2.36. The molecule has 1 heterocycles. The van der Waals surface area contributed by atoms with E-state index in [1.165, 1.54) is 0 Å². The molecule has 4 nitrogen and oxygen atoms in total. The van der Waals surface area contributed by atoms with Gasteiger partial charge in [0.1, 0.15) is 18.5 Å². The molecule has 4 rings (SSSR count). The zero-order valence-corrected chi connectivity index (χ0v) is 16.6. The Morgan fingerprint density at radius 2 is 1.68 bits per heavy atom. The molecule has 3 aromatic rings. The van der Waals surface area contributed by atoms with Crippen molar-refractivity contribution in [2.45, 2.75) is 6.10 Å². The summed E-state index contributed by atoms with van der Waals surface area (Å²) in [5.74, 6) is 0.822. The first kappa shape index (κ1) is 19.1. The van der Waals surface area contributed by atoms with Gasteiger partial charge in [-0.3, -0.25) is 4.90 Å². The standard InChI is InChI=1S/C23H25ClN2O2/c24-19-7-4-8-20(15-19)26-13-11-25(12-14-26)16-21(27)17-28-23-10-3-6-18-5-1-2-9-22(18)23/h1-10,15,21,27H,11-14,16-17H2/t21-/m0/s1. The van der Waals surface area contributed by atoms with E-state index in [1.807, 2.05) is 48.5 Å². The maximum absolute atomic E-state index is 10.5. The van der Waals surface area contributed by atoms with Gasteiger partial charge >= 0.3 is 0 Å². The van der Waals surface area contributed by atoms with Gasteiger partial charge in [0.05, 0.1) is 0 Å². The van der Waals surface area contributed by atoms with Gasteiger partial charge in [0, 0.05) is 48.8 Å². The summed E-state index contributed by atoms with van der Waals surface area (Å²) in [4.78, 5) is 4.62. The fraction of sp³-hybridized carbons (Fsp3) is 0.304. The molecule has 0 aromatic heterocycles. The van der Waals surface area contributed by atoms with E-state index < -0.39 is 6.10 Å². The van der Waals surface area contributed by atoms with Crippen LogP contribution in [-0.2, 0) is 0 Å². The third-order valence-electron chi connectivity index (χ3n) is 5.20. The number of hydrogen-bond acceptors (Lipinski definition) is 4. The summed E-state index contributed by atoms with van der Waals surface area (Å²) in [6.07, 6.45) is -0.517. The van der Waals surface area contributed by atoms with E-state index in [-0.39, 0.29) is 0 Å². The minimum Gasteiger partial charge on any atom is -0.490 e. The lowest BCUT2D eigenvalue weighted by atomic mass is 10.1. The number of ether oxygens (including phenoxy) is 1. The van der Waals surface area contributed by atoms with Gasteiger partial charge in [-0.2, -0.15) is 0 Å². The number of aliphatic hydroxyl groups is 1. The molecule has 3 aromatic carbocycles. The second-order valence-corrected chi connectivity index (χ2v) is 7.65. The van der Waals surface area contributed by atoms with Crippen LogP contribution in [0.5, 0.6) is 5.75 Å². The van der Waals surface area contributed by atoms with Gasteiger partial charge in [0.2, 0.25) is 0 Å². The molecule has 0 unspecified atom stereocenters. The van der Waals surface area contributed by atoms with Crippen molar-refractivity contribution in [1.82, 2.24) is 4.90 Å². The van der Waals surface area contributed by atoms with Crippen LogP contribution in [0, 0.1) is 0 Å². The highest BCUT2D eigenvalue weighted by atomic mass is 35.5. The molecule has 1 N–H and O–H groups in total. The molecule has 1 atom stereocenters. The van der Waals surface area contributed by atoms with Crippen molar-refractivity contribution in [3.8, 4) is 5.75 Å². The maximum Gasteiger partial charge on any atom is 0.127 e. The number of fused-ring (bicyclic) bond motifs is 1. The predicted octanol–water partition coefficient (Wildman–Crippen LogP) is 4.06. The van der Waals surface area contributed by atoms with Gasteiger partial charge in [0.15, 0.2) is 0 Å². The number of nitrogens with zero attached hydrogens (tertiary/aromatic N) is 2. The number of halogens is 1. The Labute approximate surface area is 170 Å². The molecular formula is C23H25ClN2O2. The van der Waals surface area contributed by atoms with Crippen molar-refractivity contribution in [3.05, 3.63) is 71.8 Å². The van der Waals surface area contributed by atoms with Crippen LogP contribution in [0.25, 0.3) is 10.8 Å². The topological polar surface area (TPSA) is 35.9 Å². The molecule has 0 amide bonds. The number of anilines is 1. The van der Waals surface area contributed by atoms with Crippen molar-refractivity contribution < 1.29 is 9.84 Å². The third-order valence-corrected chi connectivity index (χ3v) is 5.43. The summed E-state index contributed by atoms with van der Waals surface area (Å²) in [5.41, 5.74) is 1.16. The molecule has 0 spiro atoms. The molecular weight excluding hydrogens is 372 g/mol. The summed E-state index contributed by atoms with van der Waals surface area (Å²) in [7, 11) is 0. The van der Waals surface area contributed by atoms with Gasteiger partial charge in [-0.05, 0) is 29.7 Å². The molecule has 0 bridgehead atoms. The number of aliphatic hydroxyl groups excluding tert-OH is 1. The first-order chi connectivity index (χ1) is 13.7. The highest BCUT2D eigenvalue weighted by Gasteiger charge is 2.20. The SMILES string of the molecule is O[C@H](COc1cccc2ccccc12)CN1CCN(c2cccc(Cl)c2)CC1. The van der Waals surface area contributed by atoms with Crippen LogP contribution in [-0.4, -0.2) is 55.4 Å². The van der Waals surface area contributed by atoms with Crippen molar-refractivity contribution in [2.24, 2.45) is 0 Å². The molecule has 0 radical (unpaired) electrons. The quantitative estimate of drug-likeness (QED) is 0.681. The van der Waals surface area contributed by atoms with E-state index in [4.69, 9.17) is 16.3 Å². The van der Waals surface area contributed by atoms with Crippen LogP contribution >= 0.6 is 11.6 Å². The molecule has 0 saturated carbocycles. The first-order valence-electron chi connectivity index (χ1n) is 9.70. The summed E-state index contributed by atoms with van der Waals surface area (Å²) in [5, 5.41) is 13.4. The van der Waals surface area contributed by atoms with Crippen LogP contribution in [0.2, 0.25) is 5.02 Å². The van der Waals surface area contributed by atoms with Crippen LogP contribution in [0.1, 0.15) is 0 Å². The van der Waals surface area contributed by atoms with E-state index in [2.05, 4.69) is 28.0 Å². The molecule has 1 aliphatic rings. The molecule has 0 aliphatic carbocycles. The number of rotatable bonds is 6. The number of piperazine rings is 1. The number of benzene rings is 3. The lowest BCUT2D eigenvalue weighted by Crippen LogP contribution is -2.49. The Morgan fingerprint density at radius 1 is 0.929 bits per heavy atom. The van der Waals surface area contributed by atoms with Crippen LogP contribution in [0.15, 0.2) is 66.7 Å². The average molecular weight is 397 g/mol. The zero-order chi connectivity index (χ0) is 19.3. The monoisotopic (exact) mass is 396 g/mol. The minimum atomic E-state index is -0.517.